The Kier molecular flexibility index (Phi) is 5.03. The number of aromatic hydroxyl groups is 1. The minimum absolute atomic E-state index is 0.00431. The largest absolute Gasteiger partial charge is 0.506 e. The summed E-state index contributed by atoms with van der Waals surface area (Å²) in [5.41, 5.74) is 1.47. The number of pyridine rings is 1. The predicted molar refractivity (Wildman–Crippen MR) is 66.2 cm³/mol. The fraction of sp³-hybridized carbons (Fsp3) is 0.500. The zero-order chi connectivity index (χ0) is 13.8. The number of sulfonamides is 1. The van der Waals surface area contributed by atoms with Gasteiger partial charge in [0, 0.05) is 30.4 Å². The number of aliphatic hydroxyl groups is 1. The first-order valence-electron chi connectivity index (χ1n) is 5.33. The molecule has 1 aromatic heterocycles. The molecular weight excluding hydrogens is 258 g/mol. The number of hydrogen-bond donors (Lipinski definition) is 4. The quantitative estimate of drug-likeness (QED) is 0.492. The zero-order valence-electron chi connectivity index (χ0n) is 10.0. The maximum absolute atomic E-state index is 10.7. The lowest BCUT2D eigenvalue weighted by Gasteiger charge is -2.12. The Morgan fingerprint density at radius 3 is 2.72 bits per heavy atom. The molecule has 1 heterocycles. The second-order valence-electron chi connectivity index (χ2n) is 3.90. The Bertz CT molecular complexity index is 516. The maximum Gasteiger partial charge on any atom is 0.210 e. The van der Waals surface area contributed by atoms with Crippen molar-refractivity contribution in [1.82, 2.24) is 10.3 Å². The summed E-state index contributed by atoms with van der Waals surface area (Å²) in [5.74, 6) is -0.184. The number of nitrogens with one attached hydrogen (secondary N) is 1. The molecule has 0 spiro atoms. The maximum atomic E-state index is 10.7. The number of rotatable bonds is 6. The summed E-state index contributed by atoms with van der Waals surface area (Å²) in [6, 6.07) is 0. The molecule has 18 heavy (non-hydrogen) atoms. The molecule has 0 aliphatic rings. The van der Waals surface area contributed by atoms with Crippen LogP contribution in [0.25, 0.3) is 0 Å². The van der Waals surface area contributed by atoms with Gasteiger partial charge in [-0.25, -0.2) is 13.6 Å². The minimum Gasteiger partial charge on any atom is -0.506 e. The Balaban J connectivity index is 2.69. The average Bonchev–Trinajstić information content (AvgIpc) is 2.28. The Morgan fingerprint density at radius 2 is 2.17 bits per heavy atom. The van der Waals surface area contributed by atoms with Crippen LogP contribution in [0.1, 0.15) is 16.8 Å². The van der Waals surface area contributed by atoms with Crippen LogP contribution in [0.15, 0.2) is 6.20 Å². The molecule has 102 valence electrons. The van der Waals surface area contributed by atoms with Gasteiger partial charge in [-0.3, -0.25) is 4.98 Å². The average molecular weight is 275 g/mol. The summed E-state index contributed by atoms with van der Waals surface area (Å²) in [5, 5.41) is 26.6. The summed E-state index contributed by atoms with van der Waals surface area (Å²) in [6.45, 7) is 1.81. The van der Waals surface area contributed by atoms with E-state index in [1.165, 1.54) is 6.20 Å². The first kappa shape index (κ1) is 14.8. The highest BCUT2D eigenvalue weighted by Gasteiger charge is 2.11. The third kappa shape index (κ3) is 4.22. The number of aliphatic hydroxyl groups excluding tert-OH is 1. The van der Waals surface area contributed by atoms with Gasteiger partial charge in [0.1, 0.15) is 5.75 Å². The van der Waals surface area contributed by atoms with Crippen molar-refractivity contribution in [2.24, 2.45) is 5.14 Å². The Labute approximate surface area is 106 Å². The van der Waals surface area contributed by atoms with Crippen molar-refractivity contribution >= 4 is 10.0 Å². The second-order valence-corrected chi connectivity index (χ2v) is 5.63. The molecule has 0 fully saturated rings. The number of hydrogen-bond acceptors (Lipinski definition) is 6. The summed E-state index contributed by atoms with van der Waals surface area (Å²) in [4.78, 5) is 3.92. The molecule has 1 rings (SSSR count). The molecule has 0 atom stereocenters. The van der Waals surface area contributed by atoms with Gasteiger partial charge in [0.2, 0.25) is 10.0 Å². The molecule has 0 radical (unpaired) electrons. The van der Waals surface area contributed by atoms with E-state index in [-0.39, 0.29) is 31.2 Å². The molecule has 0 aliphatic carbocycles. The van der Waals surface area contributed by atoms with Crippen molar-refractivity contribution in [2.75, 3.05) is 12.3 Å². The highest BCUT2D eigenvalue weighted by atomic mass is 32.2. The van der Waals surface area contributed by atoms with Crippen LogP contribution in [-0.2, 0) is 23.2 Å². The number of primary sulfonamides is 1. The van der Waals surface area contributed by atoms with Gasteiger partial charge in [-0.15, -0.1) is 0 Å². The summed E-state index contributed by atoms with van der Waals surface area (Å²) < 4.78 is 21.5. The number of nitrogens with two attached hydrogens (primary N) is 1. The highest BCUT2D eigenvalue weighted by Crippen LogP contribution is 2.23. The van der Waals surface area contributed by atoms with Crippen LogP contribution in [0.5, 0.6) is 5.75 Å². The molecule has 8 heteroatoms. The van der Waals surface area contributed by atoms with E-state index in [1.807, 2.05) is 0 Å². The topological polar surface area (TPSA) is 126 Å². The van der Waals surface area contributed by atoms with Crippen molar-refractivity contribution < 1.29 is 18.6 Å². The van der Waals surface area contributed by atoms with E-state index in [0.29, 0.717) is 16.8 Å². The fourth-order valence-corrected chi connectivity index (χ4v) is 1.87. The lowest BCUT2D eigenvalue weighted by Crippen LogP contribution is -2.27. The van der Waals surface area contributed by atoms with E-state index >= 15 is 0 Å². The predicted octanol–water partition coefficient (Wildman–Crippen LogP) is -1.03. The monoisotopic (exact) mass is 275 g/mol. The molecule has 5 N–H and O–H groups in total. The van der Waals surface area contributed by atoms with Crippen LogP contribution in [0.2, 0.25) is 0 Å². The lowest BCUT2D eigenvalue weighted by molar-refractivity contribution is 0.278. The van der Waals surface area contributed by atoms with E-state index in [4.69, 9.17) is 10.2 Å². The minimum atomic E-state index is -3.50. The molecule has 0 aromatic carbocycles. The van der Waals surface area contributed by atoms with Gasteiger partial charge in [0.05, 0.1) is 18.1 Å². The Hall–Kier alpha value is -1.22. The second kappa shape index (κ2) is 6.10. The van der Waals surface area contributed by atoms with Crippen LogP contribution in [-0.4, -0.2) is 35.9 Å². The van der Waals surface area contributed by atoms with Crippen molar-refractivity contribution in [3.63, 3.8) is 0 Å². The van der Waals surface area contributed by atoms with Gasteiger partial charge >= 0.3 is 0 Å². The van der Waals surface area contributed by atoms with Crippen molar-refractivity contribution in [3.8, 4) is 5.75 Å². The first-order chi connectivity index (χ1) is 8.35. The lowest BCUT2D eigenvalue weighted by atomic mass is 10.1. The summed E-state index contributed by atoms with van der Waals surface area (Å²) in [6.07, 6.45) is 1.48. The standard InChI is InChI=1S/C10H17N3O4S/c1-7-10(15)9(8(6-14)4-13-7)5-12-2-3-18(11,16)17/h4,12,14-15H,2-3,5-6H2,1H3,(H2,11,16,17). The molecule has 0 saturated carbocycles. The number of aryl methyl sites for hydroxylation is 1. The van der Waals surface area contributed by atoms with Gasteiger partial charge in [-0.2, -0.15) is 0 Å². The molecule has 0 bridgehead atoms. The number of nitrogens with zero attached hydrogens (tertiary/aromatic N) is 1. The molecule has 0 unspecified atom stereocenters. The van der Waals surface area contributed by atoms with Crippen LogP contribution in [0.3, 0.4) is 0 Å². The highest BCUT2D eigenvalue weighted by molar-refractivity contribution is 7.89. The molecular formula is C10H17N3O4S. The third-order valence-electron chi connectivity index (χ3n) is 2.47. The van der Waals surface area contributed by atoms with Gasteiger partial charge in [-0.05, 0) is 6.92 Å². The molecule has 1 aromatic rings. The molecule has 0 amide bonds. The van der Waals surface area contributed by atoms with Gasteiger partial charge in [-0.1, -0.05) is 0 Å². The summed E-state index contributed by atoms with van der Waals surface area (Å²) in [7, 11) is -3.50. The van der Waals surface area contributed by atoms with Gasteiger partial charge in [0.15, 0.2) is 0 Å². The van der Waals surface area contributed by atoms with Crippen molar-refractivity contribution in [3.05, 3.63) is 23.0 Å². The first-order valence-corrected chi connectivity index (χ1v) is 7.05. The van der Waals surface area contributed by atoms with E-state index in [9.17, 15) is 13.5 Å². The normalized spacial score (nSPS) is 11.7. The zero-order valence-corrected chi connectivity index (χ0v) is 10.9. The van der Waals surface area contributed by atoms with Gasteiger partial charge < -0.3 is 15.5 Å². The Morgan fingerprint density at radius 1 is 1.50 bits per heavy atom. The van der Waals surface area contributed by atoms with E-state index in [0.717, 1.165) is 0 Å². The van der Waals surface area contributed by atoms with Crippen LogP contribution < -0.4 is 10.5 Å². The SMILES string of the molecule is Cc1ncc(CO)c(CNCCS(N)(=O)=O)c1O. The van der Waals surface area contributed by atoms with Crippen LogP contribution in [0, 0.1) is 6.92 Å². The van der Waals surface area contributed by atoms with Crippen molar-refractivity contribution in [2.45, 2.75) is 20.1 Å². The molecule has 7 nitrogen and oxygen atoms in total. The molecule has 0 saturated heterocycles. The van der Waals surface area contributed by atoms with E-state index < -0.39 is 10.0 Å². The third-order valence-corrected chi connectivity index (χ3v) is 3.24. The van der Waals surface area contributed by atoms with E-state index in [2.05, 4.69) is 10.3 Å². The van der Waals surface area contributed by atoms with Gasteiger partial charge in [0.25, 0.3) is 0 Å². The van der Waals surface area contributed by atoms with Crippen LogP contribution in [0.4, 0.5) is 0 Å². The smallest absolute Gasteiger partial charge is 0.210 e. The summed E-state index contributed by atoms with van der Waals surface area (Å²) >= 11 is 0. The number of aromatic nitrogens is 1. The fourth-order valence-electron chi connectivity index (χ4n) is 1.45. The molecule has 0 aliphatic heterocycles. The van der Waals surface area contributed by atoms with Crippen LogP contribution >= 0.6 is 0 Å². The van der Waals surface area contributed by atoms with E-state index in [1.54, 1.807) is 6.92 Å². The van der Waals surface area contributed by atoms with Crippen molar-refractivity contribution in [1.29, 1.82) is 0 Å².